The van der Waals surface area contributed by atoms with Gasteiger partial charge >= 0.3 is 0 Å². The molecule has 1 unspecified atom stereocenters. The second-order valence-electron chi connectivity index (χ2n) is 4.97. The Hall–Kier alpha value is -2.39. The molecule has 1 aliphatic rings. The molecule has 0 saturated heterocycles. The number of hydrogen-bond acceptors (Lipinski definition) is 3. The van der Waals surface area contributed by atoms with E-state index in [0.717, 1.165) is 0 Å². The van der Waals surface area contributed by atoms with E-state index in [-0.39, 0.29) is 6.04 Å². The summed E-state index contributed by atoms with van der Waals surface area (Å²) in [6.07, 6.45) is 5.75. The first-order chi connectivity index (χ1) is 10.4. The Balaban J connectivity index is 1.97. The highest BCUT2D eigenvalue weighted by molar-refractivity contribution is 7.22. The molecule has 0 saturated carbocycles. The van der Waals surface area contributed by atoms with Gasteiger partial charge in [-0.1, -0.05) is 48.5 Å². The predicted octanol–water partition coefficient (Wildman–Crippen LogP) is 4.75. The van der Waals surface area contributed by atoms with Gasteiger partial charge in [-0.3, -0.25) is 0 Å². The minimum atomic E-state index is 0.175. The van der Waals surface area contributed by atoms with Gasteiger partial charge in [0.15, 0.2) is 0 Å². The lowest BCUT2D eigenvalue weighted by molar-refractivity contribution is 0.801. The maximum Gasteiger partial charge on any atom is 0.0886 e. The molecular formula is C18H14N2S. The van der Waals surface area contributed by atoms with Crippen molar-refractivity contribution in [2.24, 2.45) is 4.99 Å². The fourth-order valence-electron chi connectivity index (χ4n) is 2.72. The maximum atomic E-state index is 4.11. The zero-order chi connectivity index (χ0) is 14.1. The summed E-state index contributed by atoms with van der Waals surface area (Å²) < 4.78 is 1.32. The van der Waals surface area contributed by atoms with Gasteiger partial charge in [0, 0.05) is 21.3 Å². The Morgan fingerprint density at radius 2 is 1.76 bits per heavy atom. The van der Waals surface area contributed by atoms with Gasteiger partial charge in [-0.05, 0) is 23.1 Å². The lowest BCUT2D eigenvalue weighted by Gasteiger charge is -2.17. The van der Waals surface area contributed by atoms with Crippen LogP contribution in [-0.4, -0.2) is 6.34 Å². The fourth-order valence-corrected chi connectivity index (χ4v) is 3.97. The van der Waals surface area contributed by atoms with Gasteiger partial charge in [-0.25, -0.2) is 4.99 Å². The van der Waals surface area contributed by atoms with Crippen molar-refractivity contribution in [2.75, 3.05) is 0 Å². The third kappa shape index (κ3) is 2.16. The van der Waals surface area contributed by atoms with Gasteiger partial charge in [-0.15, -0.1) is 11.3 Å². The summed E-state index contributed by atoms with van der Waals surface area (Å²) in [6.45, 7) is 0. The smallest absolute Gasteiger partial charge is 0.0886 e. The summed E-state index contributed by atoms with van der Waals surface area (Å²) in [6, 6.07) is 19.4. The van der Waals surface area contributed by atoms with E-state index in [1.54, 1.807) is 6.34 Å². The molecule has 3 heteroatoms. The van der Waals surface area contributed by atoms with Gasteiger partial charge in [0.1, 0.15) is 0 Å². The maximum absolute atomic E-state index is 4.11. The van der Waals surface area contributed by atoms with E-state index in [1.165, 1.54) is 26.1 Å². The summed E-state index contributed by atoms with van der Waals surface area (Å²) in [7, 11) is 0. The molecule has 0 radical (unpaired) electrons. The van der Waals surface area contributed by atoms with Crippen LogP contribution in [0.4, 0.5) is 0 Å². The zero-order valence-electron chi connectivity index (χ0n) is 11.4. The topological polar surface area (TPSA) is 24.4 Å². The zero-order valence-corrected chi connectivity index (χ0v) is 12.2. The van der Waals surface area contributed by atoms with Crippen LogP contribution in [0.15, 0.2) is 71.9 Å². The Bertz CT molecular complexity index is 831. The lowest BCUT2D eigenvalue weighted by atomic mass is 9.99. The molecule has 4 rings (SSSR count). The van der Waals surface area contributed by atoms with Crippen LogP contribution < -0.4 is 5.32 Å². The van der Waals surface area contributed by atoms with E-state index >= 15 is 0 Å². The molecule has 0 spiro atoms. The number of hydrogen-bond donors (Lipinski definition) is 1. The Kier molecular flexibility index (Phi) is 3.05. The van der Waals surface area contributed by atoms with Crippen molar-refractivity contribution in [3.63, 3.8) is 0 Å². The average Bonchev–Trinajstić information content (AvgIpc) is 2.96. The van der Waals surface area contributed by atoms with Crippen LogP contribution >= 0.6 is 11.3 Å². The van der Waals surface area contributed by atoms with Crippen molar-refractivity contribution in [3.05, 3.63) is 72.4 Å². The normalized spacial score (nSPS) is 17.0. The standard InChI is InChI=1S/C18H14N2S/c1-2-6-13(7-3-1)18-17(15-10-11-19-12-20-15)14-8-4-5-9-16(14)21-18/h1-12,15H,(H,19,20). The first kappa shape index (κ1) is 12.4. The second kappa shape index (κ2) is 5.19. The molecule has 0 fully saturated rings. The van der Waals surface area contributed by atoms with E-state index in [4.69, 9.17) is 0 Å². The number of rotatable bonds is 2. The molecule has 21 heavy (non-hydrogen) atoms. The van der Waals surface area contributed by atoms with Crippen LogP contribution in [0.1, 0.15) is 11.6 Å². The molecule has 1 aliphatic heterocycles. The van der Waals surface area contributed by atoms with Gasteiger partial charge in [0.2, 0.25) is 0 Å². The van der Waals surface area contributed by atoms with Gasteiger partial charge in [0.05, 0.1) is 12.4 Å². The van der Waals surface area contributed by atoms with E-state index in [2.05, 4.69) is 71.0 Å². The van der Waals surface area contributed by atoms with Crippen molar-refractivity contribution in [1.29, 1.82) is 0 Å². The number of nitrogens with zero attached hydrogens (tertiary/aromatic N) is 1. The highest BCUT2D eigenvalue weighted by atomic mass is 32.1. The number of thiophene rings is 1. The molecule has 0 bridgehead atoms. The Morgan fingerprint density at radius 1 is 0.952 bits per heavy atom. The van der Waals surface area contributed by atoms with Crippen molar-refractivity contribution in [2.45, 2.75) is 6.04 Å². The van der Waals surface area contributed by atoms with Crippen LogP contribution in [0.5, 0.6) is 0 Å². The van der Waals surface area contributed by atoms with Crippen LogP contribution in [0, 0.1) is 0 Å². The molecule has 1 N–H and O–H groups in total. The monoisotopic (exact) mass is 290 g/mol. The minimum Gasteiger partial charge on any atom is -0.366 e. The predicted molar refractivity (Wildman–Crippen MR) is 90.8 cm³/mol. The largest absolute Gasteiger partial charge is 0.366 e. The summed E-state index contributed by atoms with van der Waals surface area (Å²) in [5.41, 5.74) is 2.61. The van der Waals surface area contributed by atoms with Gasteiger partial charge in [0.25, 0.3) is 0 Å². The minimum absolute atomic E-state index is 0.175. The molecule has 2 nitrogen and oxygen atoms in total. The first-order valence-corrected chi connectivity index (χ1v) is 7.76. The summed E-state index contributed by atoms with van der Waals surface area (Å²) in [5, 5.41) is 4.67. The van der Waals surface area contributed by atoms with Crippen LogP contribution in [0.3, 0.4) is 0 Å². The number of nitrogens with one attached hydrogen (secondary N) is 1. The molecule has 2 aromatic carbocycles. The van der Waals surface area contributed by atoms with E-state index in [0.29, 0.717) is 0 Å². The highest BCUT2D eigenvalue weighted by Gasteiger charge is 2.20. The molecule has 102 valence electrons. The van der Waals surface area contributed by atoms with Crippen molar-refractivity contribution in [1.82, 2.24) is 5.32 Å². The SMILES string of the molecule is C1=CC(c2c(-c3ccccc3)sc3ccccc23)NC=N1. The second-order valence-corrected chi connectivity index (χ2v) is 6.02. The van der Waals surface area contributed by atoms with Crippen molar-refractivity contribution in [3.8, 4) is 10.4 Å². The molecule has 0 aliphatic carbocycles. The fraction of sp³-hybridized carbons (Fsp3) is 0.0556. The molecule has 1 atom stereocenters. The molecule has 3 aromatic rings. The first-order valence-electron chi connectivity index (χ1n) is 6.95. The highest BCUT2D eigenvalue weighted by Crippen LogP contribution is 2.42. The van der Waals surface area contributed by atoms with Gasteiger partial charge in [-0.2, -0.15) is 0 Å². The third-order valence-corrected chi connectivity index (χ3v) is 4.91. The lowest BCUT2D eigenvalue weighted by Crippen LogP contribution is -2.19. The van der Waals surface area contributed by atoms with E-state index in [1.807, 2.05) is 17.5 Å². The number of fused-ring (bicyclic) bond motifs is 1. The number of aliphatic imine (C=N–C) groups is 1. The molecule has 0 amide bonds. The summed E-state index contributed by atoms with van der Waals surface area (Å²) in [4.78, 5) is 5.43. The van der Waals surface area contributed by atoms with Crippen LogP contribution in [-0.2, 0) is 0 Å². The van der Waals surface area contributed by atoms with Crippen LogP contribution in [0.25, 0.3) is 20.5 Å². The molecule has 2 heterocycles. The molecule has 1 aromatic heterocycles. The summed E-state index contributed by atoms with van der Waals surface area (Å²) >= 11 is 1.85. The van der Waals surface area contributed by atoms with E-state index in [9.17, 15) is 0 Å². The third-order valence-electron chi connectivity index (χ3n) is 3.67. The van der Waals surface area contributed by atoms with E-state index < -0.39 is 0 Å². The van der Waals surface area contributed by atoms with Gasteiger partial charge < -0.3 is 5.32 Å². The number of benzene rings is 2. The average molecular weight is 290 g/mol. The summed E-state index contributed by atoms with van der Waals surface area (Å²) in [5.74, 6) is 0. The quantitative estimate of drug-likeness (QED) is 0.723. The van der Waals surface area contributed by atoms with Crippen molar-refractivity contribution >= 4 is 27.8 Å². The Labute approximate surface area is 127 Å². The Morgan fingerprint density at radius 3 is 2.57 bits per heavy atom. The molecular weight excluding hydrogens is 276 g/mol. The van der Waals surface area contributed by atoms with Crippen molar-refractivity contribution < 1.29 is 0 Å². The van der Waals surface area contributed by atoms with Crippen LogP contribution in [0.2, 0.25) is 0 Å².